The van der Waals surface area contributed by atoms with Crippen molar-refractivity contribution >= 4 is 0 Å². The minimum absolute atomic E-state index is 0.328. The summed E-state index contributed by atoms with van der Waals surface area (Å²) in [5.74, 6) is 1.10. The Morgan fingerprint density at radius 2 is 2.20 bits per heavy atom. The standard InChI is InChI=1S/C13H17NO/c1-10-13(6-8-14-10)7-9-15-12-5-3-2-4-11(12)13/h2-5,10,14H,6-9H2,1H3. The second-order valence-corrected chi connectivity index (χ2v) is 4.68. The van der Waals surface area contributed by atoms with E-state index in [1.165, 1.54) is 12.0 Å². The van der Waals surface area contributed by atoms with Gasteiger partial charge in [0.15, 0.2) is 0 Å². The van der Waals surface area contributed by atoms with Crippen molar-refractivity contribution in [3.63, 3.8) is 0 Å². The summed E-state index contributed by atoms with van der Waals surface area (Å²) in [5, 5.41) is 3.57. The van der Waals surface area contributed by atoms with E-state index in [-0.39, 0.29) is 0 Å². The van der Waals surface area contributed by atoms with E-state index >= 15 is 0 Å². The van der Waals surface area contributed by atoms with Gasteiger partial charge < -0.3 is 10.1 Å². The maximum absolute atomic E-state index is 5.73. The molecule has 0 amide bonds. The van der Waals surface area contributed by atoms with Crippen LogP contribution >= 0.6 is 0 Å². The summed E-state index contributed by atoms with van der Waals surface area (Å²) in [6.45, 7) is 4.30. The number of nitrogens with one attached hydrogen (secondary N) is 1. The van der Waals surface area contributed by atoms with Crippen LogP contribution in [0.2, 0.25) is 0 Å². The summed E-state index contributed by atoms with van der Waals surface area (Å²) >= 11 is 0. The molecule has 2 unspecified atom stereocenters. The molecule has 1 fully saturated rings. The molecule has 2 heterocycles. The van der Waals surface area contributed by atoms with Crippen LogP contribution < -0.4 is 10.1 Å². The molecule has 0 aromatic heterocycles. The van der Waals surface area contributed by atoms with E-state index in [4.69, 9.17) is 4.74 Å². The zero-order valence-corrected chi connectivity index (χ0v) is 9.12. The molecule has 1 saturated heterocycles. The van der Waals surface area contributed by atoms with E-state index in [1.54, 1.807) is 0 Å². The molecule has 1 spiro atoms. The van der Waals surface area contributed by atoms with Gasteiger partial charge in [-0.1, -0.05) is 18.2 Å². The summed E-state index contributed by atoms with van der Waals surface area (Å²) in [6, 6.07) is 9.09. The molecule has 1 N–H and O–H groups in total. The van der Waals surface area contributed by atoms with Gasteiger partial charge in [-0.05, 0) is 32.4 Å². The van der Waals surface area contributed by atoms with Crippen LogP contribution in [0, 0.1) is 0 Å². The fourth-order valence-corrected chi connectivity index (χ4v) is 3.11. The van der Waals surface area contributed by atoms with E-state index in [9.17, 15) is 0 Å². The van der Waals surface area contributed by atoms with Gasteiger partial charge >= 0.3 is 0 Å². The Morgan fingerprint density at radius 3 is 3.00 bits per heavy atom. The molecule has 15 heavy (non-hydrogen) atoms. The Kier molecular flexibility index (Phi) is 1.99. The fourth-order valence-electron chi connectivity index (χ4n) is 3.11. The highest BCUT2D eigenvalue weighted by atomic mass is 16.5. The molecule has 80 valence electrons. The molecular weight excluding hydrogens is 186 g/mol. The maximum atomic E-state index is 5.73. The first-order valence-electron chi connectivity index (χ1n) is 5.79. The molecule has 0 saturated carbocycles. The maximum Gasteiger partial charge on any atom is 0.123 e. The number of hydrogen-bond donors (Lipinski definition) is 1. The van der Waals surface area contributed by atoms with Crippen LogP contribution in [0.5, 0.6) is 5.75 Å². The van der Waals surface area contributed by atoms with Gasteiger partial charge in [0.05, 0.1) is 6.61 Å². The van der Waals surface area contributed by atoms with Crippen molar-refractivity contribution in [1.82, 2.24) is 5.32 Å². The third-order valence-corrected chi connectivity index (χ3v) is 4.08. The lowest BCUT2D eigenvalue weighted by molar-refractivity contribution is 0.204. The monoisotopic (exact) mass is 203 g/mol. The Balaban J connectivity index is 2.12. The lowest BCUT2D eigenvalue weighted by atomic mass is 9.71. The van der Waals surface area contributed by atoms with E-state index in [1.807, 2.05) is 0 Å². The molecule has 3 rings (SSSR count). The minimum atomic E-state index is 0.328. The fraction of sp³-hybridized carbons (Fsp3) is 0.538. The SMILES string of the molecule is CC1NCCC12CCOc1ccccc12. The molecule has 0 aliphatic carbocycles. The van der Waals surface area contributed by atoms with Crippen molar-refractivity contribution in [3.8, 4) is 5.75 Å². The highest BCUT2D eigenvalue weighted by Crippen LogP contribution is 2.45. The van der Waals surface area contributed by atoms with E-state index in [0.29, 0.717) is 11.5 Å². The number of benzene rings is 1. The van der Waals surface area contributed by atoms with Crippen molar-refractivity contribution in [1.29, 1.82) is 0 Å². The van der Waals surface area contributed by atoms with Gasteiger partial charge in [0.1, 0.15) is 5.75 Å². The van der Waals surface area contributed by atoms with E-state index in [0.717, 1.165) is 25.3 Å². The first-order chi connectivity index (χ1) is 7.33. The average molecular weight is 203 g/mol. The van der Waals surface area contributed by atoms with E-state index in [2.05, 4.69) is 36.5 Å². The lowest BCUT2D eigenvalue weighted by Crippen LogP contribution is -2.41. The third-order valence-electron chi connectivity index (χ3n) is 4.08. The van der Waals surface area contributed by atoms with Gasteiger partial charge in [0, 0.05) is 17.0 Å². The van der Waals surface area contributed by atoms with Crippen molar-refractivity contribution in [3.05, 3.63) is 29.8 Å². The van der Waals surface area contributed by atoms with Crippen molar-refractivity contribution in [2.45, 2.75) is 31.2 Å². The van der Waals surface area contributed by atoms with Crippen LogP contribution in [-0.2, 0) is 5.41 Å². The summed E-state index contributed by atoms with van der Waals surface area (Å²) < 4.78 is 5.73. The highest BCUT2D eigenvalue weighted by Gasteiger charge is 2.44. The average Bonchev–Trinajstić information content (AvgIpc) is 2.62. The zero-order valence-electron chi connectivity index (χ0n) is 9.12. The Hall–Kier alpha value is -1.02. The topological polar surface area (TPSA) is 21.3 Å². The van der Waals surface area contributed by atoms with Gasteiger partial charge in [-0.15, -0.1) is 0 Å². The Labute approximate surface area is 90.6 Å². The summed E-state index contributed by atoms with van der Waals surface area (Å²) in [4.78, 5) is 0. The number of para-hydroxylation sites is 1. The molecular formula is C13H17NO. The lowest BCUT2D eigenvalue weighted by Gasteiger charge is -2.38. The van der Waals surface area contributed by atoms with Gasteiger partial charge in [0.2, 0.25) is 0 Å². The minimum Gasteiger partial charge on any atom is -0.493 e. The molecule has 2 nitrogen and oxygen atoms in total. The van der Waals surface area contributed by atoms with Crippen molar-refractivity contribution < 1.29 is 4.74 Å². The molecule has 0 radical (unpaired) electrons. The van der Waals surface area contributed by atoms with Gasteiger partial charge in [0.25, 0.3) is 0 Å². The molecule has 1 aromatic carbocycles. The summed E-state index contributed by atoms with van der Waals surface area (Å²) in [5.41, 5.74) is 1.74. The molecule has 0 bridgehead atoms. The van der Waals surface area contributed by atoms with E-state index < -0.39 is 0 Å². The third kappa shape index (κ3) is 1.21. The first kappa shape index (κ1) is 9.22. The van der Waals surface area contributed by atoms with Crippen LogP contribution in [0.25, 0.3) is 0 Å². The number of rotatable bonds is 0. The van der Waals surface area contributed by atoms with Gasteiger partial charge in [-0.25, -0.2) is 0 Å². The number of hydrogen-bond acceptors (Lipinski definition) is 2. The molecule has 2 heteroatoms. The smallest absolute Gasteiger partial charge is 0.123 e. The Morgan fingerprint density at radius 1 is 1.33 bits per heavy atom. The largest absolute Gasteiger partial charge is 0.493 e. The second-order valence-electron chi connectivity index (χ2n) is 4.68. The molecule has 2 aliphatic rings. The van der Waals surface area contributed by atoms with Gasteiger partial charge in [-0.3, -0.25) is 0 Å². The molecule has 2 atom stereocenters. The molecule has 1 aromatic rings. The zero-order chi connectivity index (χ0) is 10.3. The highest BCUT2D eigenvalue weighted by molar-refractivity contribution is 5.43. The summed E-state index contributed by atoms with van der Waals surface area (Å²) in [6.07, 6.45) is 2.40. The van der Waals surface area contributed by atoms with Crippen LogP contribution in [-0.4, -0.2) is 19.2 Å². The van der Waals surface area contributed by atoms with Crippen LogP contribution in [0.1, 0.15) is 25.3 Å². The quantitative estimate of drug-likeness (QED) is 0.697. The normalized spacial score (nSPS) is 33.8. The number of fused-ring (bicyclic) bond motifs is 2. The van der Waals surface area contributed by atoms with Crippen LogP contribution in [0.15, 0.2) is 24.3 Å². The predicted octanol–water partition coefficient (Wildman–Crippen LogP) is 2.09. The van der Waals surface area contributed by atoms with Crippen LogP contribution in [0.3, 0.4) is 0 Å². The summed E-state index contributed by atoms with van der Waals surface area (Å²) in [7, 11) is 0. The van der Waals surface area contributed by atoms with Crippen LogP contribution in [0.4, 0.5) is 0 Å². The Bertz CT molecular complexity index is 377. The second kappa shape index (κ2) is 3.24. The van der Waals surface area contributed by atoms with Crippen molar-refractivity contribution in [2.24, 2.45) is 0 Å². The predicted molar refractivity (Wildman–Crippen MR) is 60.3 cm³/mol. The van der Waals surface area contributed by atoms with Crippen molar-refractivity contribution in [2.75, 3.05) is 13.2 Å². The van der Waals surface area contributed by atoms with Gasteiger partial charge in [-0.2, -0.15) is 0 Å². The number of ether oxygens (including phenoxy) is 1. The first-order valence-corrected chi connectivity index (χ1v) is 5.79. The molecule has 2 aliphatic heterocycles.